The summed E-state index contributed by atoms with van der Waals surface area (Å²) in [6.07, 6.45) is 0.207. The Labute approximate surface area is 183 Å². The first kappa shape index (κ1) is 25.2. The average molecular weight is 459 g/mol. The number of nitrogens with one attached hydrogen (secondary N) is 2. The van der Waals surface area contributed by atoms with E-state index < -0.39 is 45.9 Å². The van der Waals surface area contributed by atoms with E-state index in [-0.39, 0.29) is 29.0 Å². The monoisotopic (exact) mass is 458 g/mol. The fraction of sp³-hybridized carbons (Fsp3) is 0.455. The summed E-state index contributed by atoms with van der Waals surface area (Å²) in [6.45, 7) is 6.76. The minimum atomic E-state index is -1.74. The maximum atomic E-state index is 14.6. The van der Waals surface area contributed by atoms with Gasteiger partial charge in [0.1, 0.15) is 22.5 Å². The highest BCUT2D eigenvalue weighted by Gasteiger charge is 2.50. The van der Waals surface area contributed by atoms with Crippen molar-refractivity contribution in [1.29, 1.82) is 0 Å². The van der Waals surface area contributed by atoms with E-state index in [0.717, 1.165) is 6.07 Å². The van der Waals surface area contributed by atoms with Gasteiger partial charge in [-0.1, -0.05) is 19.9 Å². The van der Waals surface area contributed by atoms with Gasteiger partial charge in [-0.05, 0) is 62.4 Å². The molecule has 2 unspecified atom stereocenters. The number of aliphatic hydroxyl groups is 2. The summed E-state index contributed by atoms with van der Waals surface area (Å²) in [6, 6.07) is 5.25. The first-order valence-electron chi connectivity index (χ1n) is 10.2. The van der Waals surface area contributed by atoms with Crippen molar-refractivity contribution in [3.05, 3.63) is 52.8 Å². The molecule has 0 aliphatic heterocycles. The van der Waals surface area contributed by atoms with E-state index in [0.29, 0.717) is 18.4 Å². The van der Waals surface area contributed by atoms with Crippen LogP contribution in [0.25, 0.3) is 0 Å². The second kappa shape index (κ2) is 10.5. The lowest BCUT2D eigenvalue weighted by Gasteiger charge is -2.22. The number of hydrogen-bond acceptors (Lipinski definition) is 4. The molecule has 0 bridgehead atoms. The fourth-order valence-electron chi connectivity index (χ4n) is 3.16. The molecule has 31 heavy (non-hydrogen) atoms. The molecule has 3 rings (SSSR count). The normalized spacial score (nSPS) is 16.0. The first-order valence-corrected chi connectivity index (χ1v) is 11.3. The Kier molecular flexibility index (Phi) is 8.50. The molecule has 0 heterocycles. The molecule has 1 saturated carbocycles. The Bertz CT molecular complexity index is 952. The van der Waals surface area contributed by atoms with E-state index in [4.69, 9.17) is 5.11 Å². The average Bonchev–Trinajstić information content (AvgIpc) is 3.52. The Morgan fingerprint density at radius 1 is 1.10 bits per heavy atom. The number of aliphatic hydroxyl groups excluding tert-OH is 2. The van der Waals surface area contributed by atoms with Gasteiger partial charge in [0.15, 0.2) is 11.6 Å². The molecule has 2 aromatic carbocycles. The topological polar surface area (TPSA) is 81.6 Å². The molecule has 5 nitrogen and oxygen atoms in total. The number of anilines is 3. The highest BCUT2D eigenvalue weighted by molar-refractivity contribution is 7.88. The zero-order valence-corrected chi connectivity index (χ0v) is 18.9. The second-order valence-corrected chi connectivity index (χ2v) is 9.05. The van der Waals surface area contributed by atoms with E-state index in [2.05, 4.69) is 10.0 Å². The predicted molar refractivity (Wildman–Crippen MR) is 118 cm³/mol. The summed E-state index contributed by atoms with van der Waals surface area (Å²) < 4.78 is 57.7. The number of hydrogen-bond donors (Lipinski definition) is 4. The van der Waals surface area contributed by atoms with Crippen LogP contribution in [0.5, 0.6) is 0 Å². The molecule has 0 saturated heterocycles. The molecule has 0 amide bonds. The van der Waals surface area contributed by atoms with E-state index in [1.54, 1.807) is 13.0 Å². The number of aryl methyl sites for hydroxylation is 2. The summed E-state index contributed by atoms with van der Waals surface area (Å²) >= 11 is 0. The summed E-state index contributed by atoms with van der Waals surface area (Å²) in [7, 11) is -1.74. The first-order chi connectivity index (χ1) is 14.7. The SMILES string of the molecule is CC.Cc1ccc(Nc2c(F)c(F)cc(C)c2NS(=O)C2(CC(O)CO)CC2)c(F)c1. The third-order valence-corrected chi connectivity index (χ3v) is 6.77. The van der Waals surface area contributed by atoms with Crippen molar-refractivity contribution in [2.45, 2.75) is 57.8 Å². The molecule has 1 aliphatic rings. The van der Waals surface area contributed by atoms with Gasteiger partial charge in [-0.15, -0.1) is 0 Å². The van der Waals surface area contributed by atoms with Crippen molar-refractivity contribution in [1.82, 2.24) is 0 Å². The van der Waals surface area contributed by atoms with Crippen molar-refractivity contribution in [3.8, 4) is 0 Å². The lowest BCUT2D eigenvalue weighted by Crippen LogP contribution is -2.30. The van der Waals surface area contributed by atoms with Crippen LogP contribution in [0.3, 0.4) is 0 Å². The minimum absolute atomic E-state index is 0.0481. The van der Waals surface area contributed by atoms with Gasteiger partial charge in [-0.2, -0.15) is 0 Å². The molecule has 0 radical (unpaired) electrons. The minimum Gasteiger partial charge on any atom is -0.394 e. The van der Waals surface area contributed by atoms with Crippen molar-refractivity contribution in [2.75, 3.05) is 16.6 Å². The smallest absolute Gasteiger partial charge is 0.184 e. The molecular weight excluding hydrogens is 429 g/mol. The third-order valence-electron chi connectivity index (χ3n) is 5.02. The highest BCUT2D eigenvalue weighted by atomic mass is 32.2. The molecule has 0 spiro atoms. The molecule has 0 aromatic heterocycles. The Morgan fingerprint density at radius 2 is 1.74 bits per heavy atom. The molecule has 1 aliphatic carbocycles. The molecule has 172 valence electrons. The third kappa shape index (κ3) is 5.78. The molecule has 9 heteroatoms. The maximum Gasteiger partial charge on any atom is 0.184 e. The lowest BCUT2D eigenvalue weighted by molar-refractivity contribution is 0.0862. The number of halogens is 3. The molecular formula is C22H29F3N2O3S. The summed E-state index contributed by atoms with van der Waals surface area (Å²) in [5, 5.41) is 21.3. The van der Waals surface area contributed by atoms with Gasteiger partial charge >= 0.3 is 0 Å². The molecule has 4 N–H and O–H groups in total. The van der Waals surface area contributed by atoms with Crippen molar-refractivity contribution in [3.63, 3.8) is 0 Å². The second-order valence-electron chi connectivity index (χ2n) is 7.44. The van der Waals surface area contributed by atoms with Crippen molar-refractivity contribution in [2.24, 2.45) is 0 Å². The summed E-state index contributed by atoms with van der Waals surface area (Å²) in [4.78, 5) is 0. The molecule has 2 atom stereocenters. The van der Waals surface area contributed by atoms with Crippen LogP contribution in [-0.4, -0.2) is 31.9 Å². The fourth-order valence-corrected chi connectivity index (χ4v) is 4.64. The molecule has 1 fully saturated rings. The molecule has 2 aromatic rings. The Hall–Kier alpha value is -2.10. The van der Waals surface area contributed by atoms with Crippen LogP contribution >= 0.6 is 0 Å². The van der Waals surface area contributed by atoms with Gasteiger partial charge in [-0.25, -0.2) is 17.4 Å². The van der Waals surface area contributed by atoms with Gasteiger partial charge < -0.3 is 20.3 Å². The van der Waals surface area contributed by atoms with E-state index in [9.17, 15) is 22.5 Å². The largest absolute Gasteiger partial charge is 0.394 e. The quantitative estimate of drug-likeness (QED) is 0.456. The number of rotatable bonds is 8. The van der Waals surface area contributed by atoms with E-state index in [1.165, 1.54) is 19.1 Å². The van der Waals surface area contributed by atoms with Gasteiger partial charge in [0, 0.05) is 0 Å². The summed E-state index contributed by atoms with van der Waals surface area (Å²) in [5.41, 5.74) is 0.599. The van der Waals surface area contributed by atoms with Gasteiger partial charge in [0.2, 0.25) is 0 Å². The highest BCUT2D eigenvalue weighted by Crippen LogP contribution is 2.47. The van der Waals surface area contributed by atoms with Gasteiger partial charge in [0.05, 0.1) is 28.8 Å². The van der Waals surface area contributed by atoms with Crippen LogP contribution in [0.4, 0.5) is 30.2 Å². The van der Waals surface area contributed by atoms with Crippen molar-refractivity contribution >= 4 is 28.0 Å². The van der Waals surface area contributed by atoms with E-state index >= 15 is 0 Å². The zero-order chi connectivity index (χ0) is 23.3. The lowest BCUT2D eigenvalue weighted by atomic mass is 10.1. The Balaban J connectivity index is 0.00000166. The van der Waals surface area contributed by atoms with Crippen LogP contribution in [0, 0.1) is 31.3 Å². The maximum absolute atomic E-state index is 14.6. The predicted octanol–water partition coefficient (Wildman–Crippen LogP) is 4.84. The van der Waals surface area contributed by atoms with Crippen LogP contribution in [-0.2, 0) is 11.0 Å². The van der Waals surface area contributed by atoms with Gasteiger partial charge in [-0.3, -0.25) is 0 Å². The standard InChI is InChI=1S/C20H23F3N2O3S.C2H6/c1-11-3-4-16(14(21)7-11)24-19-17(23)15(22)8-12(2)18(19)25-29(28)20(5-6-20)9-13(27)10-26;1-2/h3-4,7-8,13,24-27H,5-6,9-10H2,1-2H3;1-2H3. The van der Waals surface area contributed by atoms with Crippen LogP contribution in [0.15, 0.2) is 24.3 Å². The van der Waals surface area contributed by atoms with Crippen molar-refractivity contribution < 1.29 is 27.6 Å². The Morgan fingerprint density at radius 3 is 2.29 bits per heavy atom. The van der Waals surface area contributed by atoms with E-state index in [1.807, 2.05) is 13.8 Å². The zero-order valence-electron chi connectivity index (χ0n) is 18.1. The van der Waals surface area contributed by atoms with Crippen LogP contribution in [0.2, 0.25) is 0 Å². The van der Waals surface area contributed by atoms with Crippen LogP contribution in [0.1, 0.15) is 44.2 Å². The summed E-state index contributed by atoms with van der Waals surface area (Å²) in [5.74, 6) is -2.98. The number of benzene rings is 2. The van der Waals surface area contributed by atoms with Gasteiger partial charge in [0.25, 0.3) is 0 Å². The van der Waals surface area contributed by atoms with Crippen LogP contribution < -0.4 is 10.0 Å².